The topological polar surface area (TPSA) is 31.4 Å². The average molecular weight is 510 g/mol. The van der Waals surface area contributed by atoms with Crippen molar-refractivity contribution in [1.82, 2.24) is 4.98 Å². The van der Waals surface area contributed by atoms with E-state index in [1.807, 2.05) is 18.2 Å². The number of pyridine rings is 1. The number of hydrogen-bond acceptors (Lipinski definition) is 3. The molecule has 2 rings (SSSR count). The van der Waals surface area contributed by atoms with E-state index in [4.69, 9.17) is 21.1 Å². The average Bonchev–Trinajstić information content (AvgIpc) is 3.35. The molecule has 4 heteroatoms. The summed E-state index contributed by atoms with van der Waals surface area (Å²) in [5.41, 5.74) is 0. The molecule has 1 fully saturated rings. The minimum Gasteiger partial charge on any atom is -0.353 e. The van der Waals surface area contributed by atoms with Crippen molar-refractivity contribution < 1.29 is 9.47 Å². The van der Waals surface area contributed by atoms with Gasteiger partial charge in [0, 0.05) is 31.3 Å². The normalized spacial score (nSPS) is 17.3. The summed E-state index contributed by atoms with van der Waals surface area (Å²) in [5.74, 6) is 0.785. The lowest BCUT2D eigenvalue weighted by Gasteiger charge is -2.14. The molecule has 2 atom stereocenters. The summed E-state index contributed by atoms with van der Waals surface area (Å²) in [5, 5.41) is 0. The van der Waals surface area contributed by atoms with Gasteiger partial charge >= 0.3 is 0 Å². The Hall–Kier alpha value is -0.640. The minimum absolute atomic E-state index is 0.0691. The van der Waals surface area contributed by atoms with Crippen LogP contribution in [0.1, 0.15) is 142 Å². The van der Waals surface area contributed by atoms with Crippen LogP contribution in [0.4, 0.5) is 0 Å². The van der Waals surface area contributed by atoms with E-state index in [0.29, 0.717) is 6.10 Å². The molecule has 2 unspecified atom stereocenters. The number of aromatic nitrogens is 1. The Morgan fingerprint density at radius 3 is 1.74 bits per heavy atom. The van der Waals surface area contributed by atoms with E-state index in [1.165, 1.54) is 116 Å². The fraction of sp³-hybridized carbons (Fsp3) is 0.839. The van der Waals surface area contributed by atoms with Crippen molar-refractivity contribution in [3.63, 3.8) is 0 Å². The van der Waals surface area contributed by atoms with E-state index in [9.17, 15) is 0 Å². The highest BCUT2D eigenvalue weighted by Crippen LogP contribution is 2.25. The summed E-state index contributed by atoms with van der Waals surface area (Å²) in [6, 6.07) is 5.72. The Bertz CT molecular complexity index is 489. The lowest BCUT2D eigenvalue weighted by atomic mass is 10.0. The second-order valence-corrected chi connectivity index (χ2v) is 10.5. The fourth-order valence-corrected chi connectivity index (χ4v) is 4.84. The van der Waals surface area contributed by atoms with Crippen LogP contribution in [0.5, 0.6) is 0 Å². The van der Waals surface area contributed by atoms with Crippen LogP contribution in [0, 0.1) is 0 Å². The van der Waals surface area contributed by atoms with Crippen molar-refractivity contribution in [1.29, 1.82) is 0 Å². The molecule has 1 saturated heterocycles. The smallest absolute Gasteiger partial charge is 0.158 e. The first-order valence-electron chi connectivity index (χ1n) is 15.0. The molecule has 1 aromatic heterocycles. The Labute approximate surface area is 223 Å². The van der Waals surface area contributed by atoms with Crippen LogP contribution in [-0.4, -0.2) is 29.9 Å². The number of rotatable bonds is 22. The molecule has 1 aliphatic heterocycles. The van der Waals surface area contributed by atoms with Crippen LogP contribution in [0.15, 0.2) is 30.6 Å². The summed E-state index contributed by atoms with van der Waals surface area (Å²) in [4.78, 5) is 3.78. The van der Waals surface area contributed by atoms with Crippen LogP contribution in [0.2, 0.25) is 0 Å². The molecule has 0 spiro atoms. The molecule has 1 aromatic rings. The van der Waals surface area contributed by atoms with Gasteiger partial charge in [0.1, 0.15) is 0 Å². The van der Waals surface area contributed by atoms with Crippen LogP contribution in [-0.2, 0) is 9.47 Å². The fourth-order valence-electron chi connectivity index (χ4n) is 4.65. The van der Waals surface area contributed by atoms with E-state index in [2.05, 4.69) is 11.9 Å². The third-order valence-electron chi connectivity index (χ3n) is 6.85. The number of hydrogen-bond donors (Lipinski definition) is 0. The van der Waals surface area contributed by atoms with Crippen molar-refractivity contribution in [2.45, 2.75) is 154 Å². The largest absolute Gasteiger partial charge is 0.353 e. The van der Waals surface area contributed by atoms with Crippen molar-refractivity contribution in [2.75, 3.05) is 12.5 Å². The monoisotopic (exact) mass is 509 g/mol. The molecule has 1 aliphatic rings. The summed E-state index contributed by atoms with van der Waals surface area (Å²) in [7, 11) is 0. The molecule has 35 heavy (non-hydrogen) atoms. The first-order valence-corrected chi connectivity index (χ1v) is 15.6. The van der Waals surface area contributed by atoms with Crippen molar-refractivity contribution in [2.24, 2.45) is 0 Å². The number of halogens is 1. The predicted molar refractivity (Wildman–Crippen MR) is 152 cm³/mol. The first-order chi connectivity index (χ1) is 17.4. The molecule has 3 nitrogen and oxygen atoms in total. The van der Waals surface area contributed by atoms with Gasteiger partial charge in [0.25, 0.3) is 0 Å². The maximum atomic E-state index is 6.06. The molecule has 0 aromatic carbocycles. The van der Waals surface area contributed by atoms with Crippen LogP contribution >= 0.6 is 11.6 Å². The van der Waals surface area contributed by atoms with Gasteiger partial charge in [0.15, 0.2) is 6.29 Å². The molecule has 204 valence electrons. The maximum absolute atomic E-state index is 6.06. The number of alkyl halides is 1. The second kappa shape index (κ2) is 26.4. The zero-order valence-corrected chi connectivity index (χ0v) is 23.7. The maximum Gasteiger partial charge on any atom is 0.158 e. The SMILES string of the molecule is CCCCCCCCCCCCCCCCC1CCC(OCCCCCCCl)O1.c1ccncc1. The minimum atomic E-state index is 0.0691. The van der Waals surface area contributed by atoms with Crippen molar-refractivity contribution >= 4 is 11.6 Å². The van der Waals surface area contributed by atoms with Gasteiger partial charge in [-0.25, -0.2) is 0 Å². The van der Waals surface area contributed by atoms with Crippen molar-refractivity contribution in [3.05, 3.63) is 30.6 Å². The van der Waals surface area contributed by atoms with Gasteiger partial charge in [-0.05, 0) is 37.8 Å². The highest BCUT2D eigenvalue weighted by molar-refractivity contribution is 6.17. The van der Waals surface area contributed by atoms with Gasteiger partial charge in [0.2, 0.25) is 0 Å². The first kappa shape index (κ1) is 32.4. The Morgan fingerprint density at radius 2 is 1.23 bits per heavy atom. The Kier molecular flexibility index (Phi) is 24.5. The quantitative estimate of drug-likeness (QED) is 0.115. The van der Waals surface area contributed by atoms with E-state index < -0.39 is 0 Å². The lowest BCUT2D eigenvalue weighted by Crippen LogP contribution is -2.15. The van der Waals surface area contributed by atoms with Gasteiger partial charge < -0.3 is 9.47 Å². The van der Waals surface area contributed by atoms with E-state index in [1.54, 1.807) is 12.4 Å². The molecule has 2 heterocycles. The van der Waals surface area contributed by atoms with Crippen molar-refractivity contribution in [3.8, 4) is 0 Å². The lowest BCUT2D eigenvalue weighted by molar-refractivity contribution is -0.135. The molecular formula is C31H56ClNO2. The van der Waals surface area contributed by atoms with Crippen LogP contribution < -0.4 is 0 Å². The molecule has 0 aliphatic carbocycles. The molecule has 0 N–H and O–H groups in total. The summed E-state index contributed by atoms with van der Waals surface area (Å²) in [6.45, 7) is 3.14. The molecule has 0 bridgehead atoms. The molecule has 0 amide bonds. The zero-order chi connectivity index (χ0) is 25.1. The highest BCUT2D eigenvalue weighted by atomic mass is 35.5. The Morgan fingerprint density at radius 1 is 0.686 bits per heavy atom. The molecule has 0 radical (unpaired) electrons. The van der Waals surface area contributed by atoms with Gasteiger partial charge in [0.05, 0.1) is 6.10 Å². The third-order valence-corrected chi connectivity index (χ3v) is 7.11. The van der Waals surface area contributed by atoms with Gasteiger partial charge in [-0.15, -0.1) is 11.6 Å². The van der Waals surface area contributed by atoms with E-state index in [-0.39, 0.29) is 6.29 Å². The third kappa shape index (κ3) is 22.3. The molecular weight excluding hydrogens is 454 g/mol. The molecule has 0 saturated carbocycles. The Balaban J connectivity index is 0.000000882. The van der Waals surface area contributed by atoms with Gasteiger partial charge in [-0.3, -0.25) is 4.98 Å². The number of nitrogens with zero attached hydrogens (tertiary/aromatic N) is 1. The van der Waals surface area contributed by atoms with Crippen LogP contribution in [0.25, 0.3) is 0 Å². The predicted octanol–water partition coefficient (Wildman–Crippen LogP) is 10.3. The standard InChI is InChI=1S/C26H51ClO2.C5H5N/c1-2-3-4-5-6-7-8-9-10-11-12-13-14-17-20-25-21-22-26(29-25)28-24-19-16-15-18-23-27;1-2-4-6-5-3-1/h25-26H,2-24H2,1H3;1-5H. The van der Waals surface area contributed by atoms with Crippen LogP contribution in [0.3, 0.4) is 0 Å². The summed E-state index contributed by atoms with van der Waals surface area (Å²) in [6.07, 6.45) is 32.2. The number of ether oxygens (including phenoxy) is 2. The van der Waals surface area contributed by atoms with E-state index in [0.717, 1.165) is 31.7 Å². The highest BCUT2D eigenvalue weighted by Gasteiger charge is 2.24. The van der Waals surface area contributed by atoms with Gasteiger partial charge in [-0.2, -0.15) is 0 Å². The van der Waals surface area contributed by atoms with Gasteiger partial charge in [-0.1, -0.05) is 116 Å². The zero-order valence-electron chi connectivity index (χ0n) is 22.9. The summed E-state index contributed by atoms with van der Waals surface area (Å²) < 4.78 is 11.9. The van der Waals surface area contributed by atoms with E-state index >= 15 is 0 Å². The second-order valence-electron chi connectivity index (χ2n) is 10.1. The number of unbranched alkanes of at least 4 members (excludes halogenated alkanes) is 16. The summed E-state index contributed by atoms with van der Waals surface area (Å²) >= 11 is 5.70.